The number of hydrogen-bond donors (Lipinski definition) is 1. The average Bonchev–Trinajstić information content (AvgIpc) is 3.41. The van der Waals surface area contributed by atoms with E-state index in [2.05, 4.69) is 15.3 Å². The molecule has 1 amide bonds. The standard InChI is InChI=1S/C21H20N4O4/c1-28-23-17-11-18(20-22-19(13-26)24-29-20)25(12-17)21(27)16-9-7-15(8-10-16)14-5-3-2-4-6-14/h2-10,18,26H,11-13H2,1H3/b23-17+. The van der Waals surface area contributed by atoms with Gasteiger partial charge in [-0.05, 0) is 23.3 Å². The third-order valence-electron chi connectivity index (χ3n) is 4.79. The number of aromatic nitrogens is 2. The van der Waals surface area contributed by atoms with Gasteiger partial charge in [0.25, 0.3) is 5.91 Å². The minimum absolute atomic E-state index is 0.167. The Labute approximate surface area is 167 Å². The number of rotatable bonds is 5. The summed E-state index contributed by atoms with van der Waals surface area (Å²) in [6.45, 7) is -0.0290. The predicted molar refractivity (Wildman–Crippen MR) is 105 cm³/mol. The molecule has 1 unspecified atom stereocenters. The van der Waals surface area contributed by atoms with Crippen molar-refractivity contribution >= 4 is 11.6 Å². The van der Waals surface area contributed by atoms with E-state index in [0.717, 1.165) is 11.1 Å². The molecule has 0 spiro atoms. The van der Waals surface area contributed by atoms with Gasteiger partial charge in [-0.2, -0.15) is 4.98 Å². The third-order valence-corrected chi connectivity index (χ3v) is 4.79. The number of aliphatic hydroxyl groups excluding tert-OH is 1. The molecule has 29 heavy (non-hydrogen) atoms. The molecule has 1 N–H and O–H groups in total. The zero-order valence-corrected chi connectivity index (χ0v) is 15.9. The lowest BCUT2D eigenvalue weighted by Crippen LogP contribution is -2.31. The summed E-state index contributed by atoms with van der Waals surface area (Å²) in [4.78, 5) is 23.9. The normalized spacial score (nSPS) is 17.7. The fourth-order valence-corrected chi connectivity index (χ4v) is 3.40. The molecule has 0 bridgehead atoms. The molecule has 1 saturated heterocycles. The Morgan fingerprint density at radius 1 is 1.21 bits per heavy atom. The number of amides is 1. The second-order valence-electron chi connectivity index (χ2n) is 6.64. The third kappa shape index (κ3) is 3.88. The van der Waals surface area contributed by atoms with E-state index in [4.69, 9.17) is 9.36 Å². The zero-order valence-electron chi connectivity index (χ0n) is 15.9. The van der Waals surface area contributed by atoms with Crippen molar-refractivity contribution in [3.63, 3.8) is 0 Å². The molecule has 2 heterocycles. The van der Waals surface area contributed by atoms with Crippen molar-refractivity contribution in [3.8, 4) is 11.1 Å². The van der Waals surface area contributed by atoms with E-state index in [1.54, 1.807) is 17.0 Å². The van der Waals surface area contributed by atoms with E-state index < -0.39 is 6.04 Å². The van der Waals surface area contributed by atoms with Gasteiger partial charge in [0.2, 0.25) is 5.89 Å². The number of oxime groups is 1. The second kappa shape index (κ2) is 8.24. The summed E-state index contributed by atoms with van der Waals surface area (Å²) in [6, 6.07) is 17.0. The second-order valence-corrected chi connectivity index (χ2v) is 6.64. The van der Waals surface area contributed by atoms with Gasteiger partial charge in [0, 0.05) is 12.0 Å². The van der Waals surface area contributed by atoms with Crippen LogP contribution in [-0.4, -0.2) is 45.4 Å². The van der Waals surface area contributed by atoms with Gasteiger partial charge < -0.3 is 19.4 Å². The Hall–Kier alpha value is -3.52. The lowest BCUT2D eigenvalue weighted by molar-refractivity contribution is 0.0713. The molecule has 4 rings (SSSR count). The molecule has 1 atom stereocenters. The molecule has 1 fully saturated rings. The molecule has 8 heteroatoms. The minimum atomic E-state index is -0.460. The first-order chi connectivity index (χ1) is 14.2. The molecule has 148 valence electrons. The van der Waals surface area contributed by atoms with E-state index in [9.17, 15) is 9.90 Å². The van der Waals surface area contributed by atoms with Crippen molar-refractivity contribution in [3.05, 3.63) is 71.9 Å². The minimum Gasteiger partial charge on any atom is -0.399 e. The molecule has 1 aliphatic heterocycles. The van der Waals surface area contributed by atoms with Crippen molar-refractivity contribution in [2.45, 2.75) is 19.1 Å². The summed E-state index contributed by atoms with van der Waals surface area (Å²) in [5, 5.41) is 16.9. The maximum absolute atomic E-state index is 13.2. The molecule has 3 aromatic rings. The highest BCUT2D eigenvalue weighted by molar-refractivity contribution is 6.00. The number of nitrogens with zero attached hydrogens (tertiary/aromatic N) is 4. The lowest BCUT2D eigenvalue weighted by atomic mass is 10.0. The van der Waals surface area contributed by atoms with Gasteiger partial charge in [0.15, 0.2) is 5.82 Å². The molecule has 0 radical (unpaired) electrons. The Balaban J connectivity index is 1.60. The highest BCUT2D eigenvalue weighted by Crippen LogP contribution is 2.31. The number of carbonyl (C=O) groups excluding carboxylic acids is 1. The van der Waals surface area contributed by atoms with Gasteiger partial charge in [-0.1, -0.05) is 52.8 Å². The van der Waals surface area contributed by atoms with Crippen LogP contribution in [0.25, 0.3) is 11.1 Å². The Morgan fingerprint density at radius 3 is 2.59 bits per heavy atom. The molecule has 0 aliphatic carbocycles. The van der Waals surface area contributed by atoms with Gasteiger partial charge in [0.05, 0.1) is 12.3 Å². The smallest absolute Gasteiger partial charge is 0.254 e. The maximum atomic E-state index is 13.2. The van der Waals surface area contributed by atoms with Crippen LogP contribution in [0.4, 0.5) is 0 Å². The van der Waals surface area contributed by atoms with Gasteiger partial charge in [-0.25, -0.2) is 0 Å². The van der Waals surface area contributed by atoms with E-state index in [0.29, 0.717) is 24.2 Å². The van der Waals surface area contributed by atoms with Crippen molar-refractivity contribution in [2.75, 3.05) is 13.7 Å². The van der Waals surface area contributed by atoms with Crippen molar-refractivity contribution in [1.82, 2.24) is 15.0 Å². The predicted octanol–water partition coefficient (Wildman–Crippen LogP) is 2.82. The topological polar surface area (TPSA) is 101 Å². The van der Waals surface area contributed by atoms with Crippen molar-refractivity contribution < 1.29 is 19.3 Å². The molecular formula is C21H20N4O4. The van der Waals surface area contributed by atoms with Crippen LogP contribution < -0.4 is 0 Å². The first-order valence-electron chi connectivity index (χ1n) is 9.18. The highest BCUT2D eigenvalue weighted by atomic mass is 16.6. The van der Waals surface area contributed by atoms with E-state index in [1.807, 2.05) is 42.5 Å². The van der Waals surface area contributed by atoms with Crippen LogP contribution in [0.1, 0.15) is 34.5 Å². The fourth-order valence-electron chi connectivity index (χ4n) is 3.40. The quantitative estimate of drug-likeness (QED) is 0.670. The van der Waals surface area contributed by atoms with Gasteiger partial charge in [-0.3, -0.25) is 4.79 Å². The van der Waals surface area contributed by atoms with E-state index >= 15 is 0 Å². The van der Waals surface area contributed by atoms with E-state index in [1.165, 1.54) is 7.11 Å². The summed E-state index contributed by atoms with van der Waals surface area (Å²) < 4.78 is 5.25. The molecule has 0 saturated carbocycles. The largest absolute Gasteiger partial charge is 0.399 e. The van der Waals surface area contributed by atoms with Crippen LogP contribution >= 0.6 is 0 Å². The first kappa shape index (κ1) is 18.8. The number of aliphatic hydroxyl groups is 1. The molecule has 1 aromatic heterocycles. The van der Waals surface area contributed by atoms with Crippen LogP contribution in [-0.2, 0) is 11.4 Å². The Bertz CT molecular complexity index is 1010. The SMILES string of the molecule is CO/N=C1\CC(c2nc(CO)no2)N(C(=O)c2ccc(-c3ccccc3)cc2)C1. The lowest BCUT2D eigenvalue weighted by Gasteiger charge is -2.21. The van der Waals surface area contributed by atoms with Crippen LogP contribution in [0.15, 0.2) is 64.3 Å². The zero-order chi connectivity index (χ0) is 20.2. The number of benzene rings is 2. The van der Waals surface area contributed by atoms with Gasteiger partial charge >= 0.3 is 0 Å². The summed E-state index contributed by atoms with van der Waals surface area (Å²) in [6.07, 6.45) is 0.425. The summed E-state index contributed by atoms with van der Waals surface area (Å²) in [5.41, 5.74) is 3.37. The van der Waals surface area contributed by atoms with Crippen LogP contribution in [0.2, 0.25) is 0 Å². The van der Waals surface area contributed by atoms with Crippen molar-refractivity contribution in [1.29, 1.82) is 0 Å². The molecular weight excluding hydrogens is 372 g/mol. The highest BCUT2D eigenvalue weighted by Gasteiger charge is 2.38. The van der Waals surface area contributed by atoms with Crippen molar-refractivity contribution in [2.24, 2.45) is 5.16 Å². The monoisotopic (exact) mass is 392 g/mol. The Morgan fingerprint density at radius 2 is 1.93 bits per heavy atom. The molecule has 8 nitrogen and oxygen atoms in total. The molecule has 1 aliphatic rings. The van der Waals surface area contributed by atoms with Crippen LogP contribution in [0.5, 0.6) is 0 Å². The summed E-state index contributed by atoms with van der Waals surface area (Å²) >= 11 is 0. The summed E-state index contributed by atoms with van der Waals surface area (Å²) in [5.74, 6) is 0.279. The molecule has 2 aromatic carbocycles. The van der Waals surface area contributed by atoms with Gasteiger partial charge in [-0.15, -0.1) is 0 Å². The van der Waals surface area contributed by atoms with Crippen LogP contribution in [0.3, 0.4) is 0 Å². The Kier molecular flexibility index (Phi) is 5.35. The maximum Gasteiger partial charge on any atom is 0.254 e. The fraction of sp³-hybridized carbons (Fsp3) is 0.238. The summed E-state index contributed by atoms with van der Waals surface area (Å²) in [7, 11) is 1.46. The van der Waals surface area contributed by atoms with Crippen LogP contribution in [0, 0.1) is 0 Å². The average molecular weight is 392 g/mol. The van der Waals surface area contributed by atoms with E-state index in [-0.39, 0.29) is 24.2 Å². The first-order valence-corrected chi connectivity index (χ1v) is 9.18. The number of hydrogen-bond acceptors (Lipinski definition) is 7. The number of likely N-dealkylation sites (tertiary alicyclic amines) is 1. The van der Waals surface area contributed by atoms with Gasteiger partial charge in [0.1, 0.15) is 19.8 Å². The number of carbonyl (C=O) groups is 1.